The molecule has 454 valence electrons. The molecule has 0 unspecified atom stereocenters. The van der Waals surface area contributed by atoms with Gasteiger partial charge in [0, 0.05) is 51.4 Å². The molecule has 6 aliphatic rings. The zero-order chi connectivity index (χ0) is 61.0. The van der Waals surface area contributed by atoms with Crippen molar-refractivity contribution in [2.45, 2.75) is 173 Å². The highest BCUT2D eigenvalue weighted by Crippen LogP contribution is 2.53. The fraction of sp³-hybridized carbons (Fsp3) is 0.579. The average molecular weight is 1220 g/mol. The second kappa shape index (κ2) is 25.8. The van der Waals surface area contributed by atoms with Gasteiger partial charge in [0.25, 0.3) is 5.69 Å². The molecule has 3 amide bonds. The van der Waals surface area contributed by atoms with Crippen molar-refractivity contribution in [2.24, 2.45) is 32.7 Å². The maximum Gasteiger partial charge on any atom is 0.413 e. The highest BCUT2D eigenvalue weighted by molar-refractivity contribution is 8.14. The zero-order valence-corrected chi connectivity index (χ0v) is 50.5. The van der Waals surface area contributed by atoms with Gasteiger partial charge in [-0.25, -0.2) is 40.7 Å². The smallest absolute Gasteiger partial charge is 0.413 e. The zero-order valence-electron chi connectivity index (χ0n) is 48.0. The number of fused-ring (bicyclic) bond motifs is 3. The number of hydrogen-bond donors (Lipinski definition) is 5. The predicted octanol–water partition coefficient (Wildman–Crippen LogP) is 14.0. The van der Waals surface area contributed by atoms with Crippen LogP contribution in [0.3, 0.4) is 0 Å². The van der Waals surface area contributed by atoms with E-state index in [1.54, 1.807) is 62.3 Å². The van der Waals surface area contributed by atoms with Crippen LogP contribution in [0.5, 0.6) is 0 Å². The van der Waals surface area contributed by atoms with Gasteiger partial charge in [0.05, 0.1) is 27.6 Å². The second-order valence-corrected chi connectivity index (χ2v) is 27.5. The standard InChI is InChI=1S/C19H23F2N3O4S.2C19H25F2N3O2S/c1-18(2,3)28-17(25)22-16-23-19(7-5-4-6-11(19)10-29-16)13-8-12(24(26)27)9-14(20)15(13)21;2*1-18(2,3)26-17(25)23-16-24-19(7-5-4-6-11(19)10-27-16)13-8-12(22)9-14(20)15(13)21/h8-9,11H,4-7,10H2,1-3H3,(H,22,23,25);2*8-9,11H,4-7,10,22H2,1-3H3,(H,23,24,25)/t3*11-,19-/m000/s1. The summed E-state index contributed by atoms with van der Waals surface area (Å²) in [7, 11) is 0. The quantitative estimate of drug-likeness (QED) is 0.0537. The van der Waals surface area contributed by atoms with Crippen LogP contribution in [0.25, 0.3) is 0 Å². The lowest BCUT2D eigenvalue weighted by atomic mass is 9.69. The molecule has 17 nitrogen and oxygen atoms in total. The Hall–Kier alpha value is -5.89. The van der Waals surface area contributed by atoms with Gasteiger partial charge in [0.15, 0.2) is 50.4 Å². The number of alkyl carbamates (subject to hydrolysis) is 3. The van der Waals surface area contributed by atoms with Crippen molar-refractivity contribution in [2.75, 3.05) is 28.7 Å². The average Bonchev–Trinajstić information content (AvgIpc) is 1.50. The number of hydrogen-bond acceptors (Lipinski definition) is 16. The monoisotopic (exact) mass is 1220 g/mol. The van der Waals surface area contributed by atoms with Crippen LogP contribution in [0.4, 0.5) is 57.8 Å². The first kappa shape index (κ1) is 64.7. The number of nitrogens with zero attached hydrogens (tertiary/aromatic N) is 4. The summed E-state index contributed by atoms with van der Waals surface area (Å²) in [5, 5.41) is 20.1. The number of ether oxygens (including phenoxy) is 3. The van der Waals surface area contributed by atoms with Gasteiger partial charge in [-0.15, -0.1) is 0 Å². The molecular weight excluding hydrogens is 1150 g/mol. The number of amidine groups is 3. The third kappa shape index (κ3) is 15.7. The van der Waals surface area contributed by atoms with Crippen molar-refractivity contribution in [3.05, 3.63) is 98.1 Å². The van der Waals surface area contributed by atoms with Crippen LogP contribution in [0, 0.1) is 62.8 Å². The van der Waals surface area contributed by atoms with Crippen molar-refractivity contribution in [3.63, 3.8) is 0 Å². The molecule has 3 aromatic carbocycles. The number of aliphatic imine (C=N–C) groups is 3. The molecule has 26 heteroatoms. The number of rotatable bonds is 4. The first-order valence-corrected chi connectivity index (χ1v) is 30.5. The summed E-state index contributed by atoms with van der Waals surface area (Å²) in [4.78, 5) is 60.9. The third-order valence-corrected chi connectivity index (χ3v) is 17.9. The molecule has 7 N–H and O–H groups in total. The molecule has 0 bridgehead atoms. The highest BCUT2D eigenvalue weighted by atomic mass is 32.2. The van der Waals surface area contributed by atoms with E-state index in [1.165, 1.54) is 47.4 Å². The SMILES string of the molecule is CC(C)(C)OC(=O)NC1=N[C@@]2(c3cc(N)cc(F)c3F)CCCC[C@H]2CS1.CC(C)(C)OC(=O)NC1=N[C@@]2(c3cc(N)cc(F)c3F)CCCC[C@H]2CS1.CC(C)(C)OC(=O)NC1=N[C@@]2(c3cc([N+](=O)[O-])cc(F)c3F)CCCC[C@H]2CS1. The number of carbonyl (C=O) groups is 3. The molecular formula is C57H73F6N9O8S3. The van der Waals surface area contributed by atoms with E-state index in [4.69, 9.17) is 35.7 Å². The van der Waals surface area contributed by atoms with Crippen molar-refractivity contribution in [1.82, 2.24) is 16.0 Å². The number of nitro benzene ring substituents is 1. The molecule has 3 aliphatic heterocycles. The van der Waals surface area contributed by atoms with E-state index in [-0.39, 0.29) is 51.0 Å². The van der Waals surface area contributed by atoms with Crippen LogP contribution in [0.15, 0.2) is 51.4 Å². The Morgan fingerprint density at radius 3 is 1.10 bits per heavy atom. The molecule has 0 saturated heterocycles. The van der Waals surface area contributed by atoms with Crippen LogP contribution >= 0.6 is 35.3 Å². The highest BCUT2D eigenvalue weighted by Gasteiger charge is 2.50. The van der Waals surface area contributed by atoms with E-state index in [0.29, 0.717) is 59.3 Å². The number of non-ortho nitro benzene ring substituents is 1. The molecule has 0 radical (unpaired) electrons. The number of carbonyl (C=O) groups excluding carboxylic acids is 3. The summed E-state index contributed by atoms with van der Waals surface area (Å²) in [5.41, 5.74) is 6.61. The van der Waals surface area contributed by atoms with Gasteiger partial charge in [-0.2, -0.15) is 0 Å². The van der Waals surface area contributed by atoms with E-state index in [2.05, 4.69) is 20.9 Å². The number of anilines is 2. The predicted molar refractivity (Wildman–Crippen MR) is 313 cm³/mol. The minimum absolute atomic E-state index is 0.0520. The minimum atomic E-state index is -1.28. The Morgan fingerprint density at radius 2 is 0.807 bits per heavy atom. The van der Waals surface area contributed by atoms with Gasteiger partial charge in [0.2, 0.25) is 0 Å². The molecule has 3 aliphatic carbocycles. The first-order valence-electron chi connectivity index (χ1n) is 27.5. The van der Waals surface area contributed by atoms with Crippen LogP contribution < -0.4 is 27.4 Å². The molecule has 3 fully saturated rings. The van der Waals surface area contributed by atoms with E-state index < -0.39 is 97.2 Å². The molecule has 3 saturated carbocycles. The molecule has 83 heavy (non-hydrogen) atoms. The van der Waals surface area contributed by atoms with Crippen LogP contribution in [0.1, 0.15) is 156 Å². The molecule has 9 rings (SSSR count). The molecule has 3 aromatic rings. The molecule has 0 aromatic heterocycles. The fourth-order valence-corrected chi connectivity index (χ4v) is 15.0. The van der Waals surface area contributed by atoms with E-state index in [9.17, 15) is 50.8 Å². The largest absolute Gasteiger partial charge is 0.444 e. The molecule has 0 spiro atoms. The lowest BCUT2D eigenvalue weighted by Gasteiger charge is -2.44. The van der Waals surface area contributed by atoms with Gasteiger partial charge < -0.3 is 25.7 Å². The Kier molecular flexibility index (Phi) is 20.1. The normalized spacial score (nSPS) is 25.0. The summed E-state index contributed by atoms with van der Waals surface area (Å²) >= 11 is 4.11. The van der Waals surface area contributed by atoms with Crippen molar-refractivity contribution >= 4 is 86.1 Å². The summed E-state index contributed by atoms with van der Waals surface area (Å²) in [5.74, 6) is -4.36. The number of nitro groups is 1. The number of halogens is 6. The lowest BCUT2D eigenvalue weighted by Crippen LogP contribution is -2.45. The Labute approximate surface area is 492 Å². The van der Waals surface area contributed by atoms with Crippen molar-refractivity contribution < 1.29 is 59.9 Å². The second-order valence-electron chi connectivity index (χ2n) is 24.4. The summed E-state index contributed by atoms with van der Waals surface area (Å²) in [6.45, 7) is 15.8. The van der Waals surface area contributed by atoms with E-state index in [0.717, 1.165) is 69.6 Å². The summed E-state index contributed by atoms with van der Waals surface area (Å²) in [6, 6.07) is 6.56. The van der Waals surface area contributed by atoms with Crippen molar-refractivity contribution in [1.29, 1.82) is 0 Å². The molecule has 6 atom stereocenters. The number of nitrogen functional groups attached to an aromatic ring is 2. The van der Waals surface area contributed by atoms with Gasteiger partial charge >= 0.3 is 18.3 Å². The van der Waals surface area contributed by atoms with Crippen LogP contribution in [0.2, 0.25) is 0 Å². The number of amides is 3. The third-order valence-electron chi connectivity index (χ3n) is 14.8. The lowest BCUT2D eigenvalue weighted by molar-refractivity contribution is -0.385. The fourth-order valence-electron chi connectivity index (χ4n) is 11.4. The topological polar surface area (TPSA) is 247 Å². The number of thioether (sulfide) groups is 3. The molecule has 3 heterocycles. The van der Waals surface area contributed by atoms with Gasteiger partial charge in [-0.05, 0) is 143 Å². The van der Waals surface area contributed by atoms with Gasteiger partial charge in [-0.1, -0.05) is 73.8 Å². The maximum atomic E-state index is 14.8. The summed E-state index contributed by atoms with van der Waals surface area (Å²) < 4.78 is 102. The Morgan fingerprint density at radius 1 is 0.518 bits per heavy atom. The number of nitrogens with two attached hydrogens (primary N) is 2. The van der Waals surface area contributed by atoms with Gasteiger partial charge in [0.1, 0.15) is 16.8 Å². The van der Waals surface area contributed by atoms with Crippen LogP contribution in [-0.4, -0.2) is 72.8 Å². The van der Waals surface area contributed by atoms with Crippen molar-refractivity contribution in [3.8, 4) is 0 Å². The Bertz CT molecular complexity index is 2940. The number of nitrogens with one attached hydrogen (secondary N) is 3. The van der Waals surface area contributed by atoms with E-state index >= 15 is 0 Å². The minimum Gasteiger partial charge on any atom is -0.444 e. The maximum absolute atomic E-state index is 14.8. The van der Waals surface area contributed by atoms with E-state index in [1.807, 2.05) is 0 Å². The number of benzene rings is 3. The van der Waals surface area contributed by atoms with Crippen LogP contribution in [-0.2, 0) is 30.8 Å². The summed E-state index contributed by atoms with van der Waals surface area (Å²) in [6.07, 6.45) is 7.48. The Balaban J connectivity index is 0.000000179. The first-order chi connectivity index (χ1) is 38.7. The van der Waals surface area contributed by atoms with Gasteiger partial charge in [-0.3, -0.25) is 41.0 Å².